The summed E-state index contributed by atoms with van der Waals surface area (Å²) in [5.41, 5.74) is -1.49. The quantitative estimate of drug-likeness (QED) is 0.0741. The second-order valence-corrected chi connectivity index (χ2v) is 24.8. The molecule has 0 amide bonds. The van der Waals surface area contributed by atoms with Gasteiger partial charge in [-0.15, -0.1) is 0 Å². The van der Waals surface area contributed by atoms with Gasteiger partial charge in [0.15, 0.2) is 25.4 Å². The minimum absolute atomic E-state index is 0.00853. The number of aliphatic hydroxyl groups is 1. The van der Waals surface area contributed by atoms with Crippen molar-refractivity contribution >= 4 is 42.6 Å². The van der Waals surface area contributed by atoms with Gasteiger partial charge in [-0.1, -0.05) is 63.2 Å². The molecular formula is C48H58FN3O9Si. The molecule has 0 unspecified atom stereocenters. The predicted octanol–water partition coefficient (Wildman–Crippen LogP) is 9.75. The summed E-state index contributed by atoms with van der Waals surface area (Å²) in [6.07, 6.45) is 1.23. The van der Waals surface area contributed by atoms with Crippen LogP contribution in [0.1, 0.15) is 105 Å². The van der Waals surface area contributed by atoms with Crippen molar-refractivity contribution < 1.29 is 47.0 Å². The molecule has 0 radical (unpaired) electrons. The number of nitrogens with zero attached hydrogens (tertiary/aromatic N) is 3. The number of ether oxygens (including phenoxy) is 3. The van der Waals surface area contributed by atoms with Crippen LogP contribution in [0, 0.1) is 17.7 Å². The summed E-state index contributed by atoms with van der Waals surface area (Å²) in [5.74, 6) is -4.07. The number of halogens is 1. The molecule has 4 aromatic rings. The SMILES string of the molecule is CN(C)[C@@H]1c2onc(OCc3ccccc3)c2C(=O)[C@@]2(O[Si](C)(C)C(C)(C)C)C(=O)C3=C(O)c4c(c(F)c5ccc(CN6CCCC6)cc5c4OC(=O)OC(C)(C)C)C[C@H]3C[C@@H]12. The zero-order valence-electron chi connectivity index (χ0n) is 37.4. The molecule has 1 saturated heterocycles. The van der Waals surface area contributed by atoms with Crippen LogP contribution in [0.15, 0.2) is 58.6 Å². The Bertz CT molecular complexity index is 2480. The van der Waals surface area contributed by atoms with E-state index in [2.05, 4.69) is 10.1 Å². The summed E-state index contributed by atoms with van der Waals surface area (Å²) in [7, 11) is 0.644. The molecule has 1 aromatic heterocycles. The molecule has 2 fully saturated rings. The normalized spacial score (nSPS) is 23.0. The zero-order chi connectivity index (χ0) is 44.7. The summed E-state index contributed by atoms with van der Waals surface area (Å²) in [6.45, 7) is 17.7. The van der Waals surface area contributed by atoms with E-state index in [9.17, 15) is 9.90 Å². The molecule has 62 heavy (non-hydrogen) atoms. The lowest BCUT2D eigenvalue weighted by molar-refractivity contribution is -0.140. The highest BCUT2D eigenvalue weighted by Gasteiger charge is 2.69. The maximum Gasteiger partial charge on any atom is 0.514 e. The van der Waals surface area contributed by atoms with Crippen molar-refractivity contribution in [3.8, 4) is 11.6 Å². The zero-order valence-corrected chi connectivity index (χ0v) is 38.4. The molecule has 330 valence electrons. The number of aliphatic hydroxyl groups excluding tert-OH is 1. The number of rotatable bonds is 9. The summed E-state index contributed by atoms with van der Waals surface area (Å²) in [6, 6.07) is 14.0. The summed E-state index contributed by atoms with van der Waals surface area (Å²) in [5, 5.41) is 17.0. The second-order valence-electron chi connectivity index (χ2n) is 20.1. The standard InChI is InChI=1S/C48H58FN3O9Si/c1-46(2,3)59-45(56)58-40-31-22-28(25-52-20-14-15-21-52)18-19-30(31)37(49)32-23-29-24-33-38(51(7)8)41-36(44(50-60-41)57-26-27-16-12-11-13-17-27)43(55)48(33,61-62(9,10)47(4,5)6)42(54)34(29)39(53)35(32)40/h11-13,16-19,22,29,33,38,53H,14-15,20-21,23-26H2,1-10H3/t29-,33-,38-,48-/m0/s1. The van der Waals surface area contributed by atoms with Crippen LogP contribution in [-0.2, 0) is 33.5 Å². The Balaban J connectivity index is 1.34. The van der Waals surface area contributed by atoms with Crippen molar-refractivity contribution in [1.82, 2.24) is 15.0 Å². The lowest BCUT2D eigenvalue weighted by Gasteiger charge is -2.55. The molecule has 3 aromatic carbocycles. The van der Waals surface area contributed by atoms with Crippen LogP contribution in [0.5, 0.6) is 11.6 Å². The fourth-order valence-electron chi connectivity index (χ4n) is 9.56. The van der Waals surface area contributed by atoms with Crippen LogP contribution >= 0.6 is 0 Å². The Hall–Kier alpha value is -4.89. The third-order valence-corrected chi connectivity index (χ3v) is 17.9. The van der Waals surface area contributed by atoms with E-state index in [1.165, 1.54) is 0 Å². The number of likely N-dealkylation sites (tertiary alicyclic amines) is 1. The van der Waals surface area contributed by atoms with E-state index >= 15 is 14.0 Å². The molecule has 14 heteroatoms. The monoisotopic (exact) mass is 867 g/mol. The Morgan fingerprint density at radius 3 is 2.32 bits per heavy atom. The molecule has 3 aliphatic carbocycles. The van der Waals surface area contributed by atoms with Crippen LogP contribution in [0.3, 0.4) is 0 Å². The Morgan fingerprint density at radius 1 is 0.984 bits per heavy atom. The number of ketones is 2. The minimum atomic E-state index is -3.03. The molecule has 0 spiro atoms. The van der Waals surface area contributed by atoms with Crippen molar-refractivity contribution in [3.05, 3.63) is 93.5 Å². The average molecular weight is 868 g/mol. The number of benzene rings is 3. The number of aromatic nitrogens is 1. The van der Waals surface area contributed by atoms with Gasteiger partial charge in [0.05, 0.1) is 11.6 Å². The van der Waals surface area contributed by atoms with E-state index in [-0.39, 0.29) is 69.9 Å². The van der Waals surface area contributed by atoms with Gasteiger partial charge >= 0.3 is 6.16 Å². The van der Waals surface area contributed by atoms with E-state index in [1.54, 1.807) is 32.9 Å². The van der Waals surface area contributed by atoms with Gasteiger partial charge in [0.2, 0.25) is 11.6 Å². The fraction of sp³-hybridized carbons (Fsp3) is 0.500. The fourth-order valence-corrected chi connectivity index (χ4v) is 11.0. The summed E-state index contributed by atoms with van der Waals surface area (Å²) < 4.78 is 48.3. The molecule has 1 N–H and O–H groups in total. The van der Waals surface area contributed by atoms with E-state index in [1.807, 2.05) is 89.3 Å². The molecule has 4 atom stereocenters. The lowest BCUT2D eigenvalue weighted by Crippen LogP contribution is -2.68. The van der Waals surface area contributed by atoms with E-state index in [0.29, 0.717) is 6.54 Å². The third kappa shape index (κ3) is 7.45. The van der Waals surface area contributed by atoms with Crippen molar-refractivity contribution in [2.75, 3.05) is 27.2 Å². The number of Topliss-reactive ketones (excluding diaryl/α,β-unsaturated/α-hetero) is 2. The van der Waals surface area contributed by atoms with Crippen LogP contribution in [0.4, 0.5) is 9.18 Å². The first-order valence-corrected chi connectivity index (χ1v) is 24.5. The Morgan fingerprint density at radius 2 is 1.68 bits per heavy atom. The summed E-state index contributed by atoms with van der Waals surface area (Å²) >= 11 is 0. The van der Waals surface area contributed by atoms with Crippen molar-refractivity contribution in [2.24, 2.45) is 11.8 Å². The van der Waals surface area contributed by atoms with Crippen LogP contribution in [0.2, 0.25) is 18.1 Å². The first-order valence-electron chi connectivity index (χ1n) is 21.6. The highest BCUT2D eigenvalue weighted by atomic mass is 28.4. The average Bonchev–Trinajstić information content (AvgIpc) is 3.86. The number of carbonyl (C=O) groups excluding carboxylic acids is 3. The molecule has 1 aliphatic heterocycles. The number of hydrogen-bond acceptors (Lipinski definition) is 12. The molecule has 4 aliphatic rings. The van der Waals surface area contributed by atoms with E-state index in [0.717, 1.165) is 37.1 Å². The maximum absolute atomic E-state index is 17.2. The molecule has 8 rings (SSSR count). The number of carbonyl (C=O) groups is 3. The maximum atomic E-state index is 17.2. The third-order valence-electron chi connectivity index (χ3n) is 13.4. The van der Waals surface area contributed by atoms with Gasteiger partial charge in [0, 0.05) is 34.4 Å². The van der Waals surface area contributed by atoms with Crippen molar-refractivity contribution in [3.63, 3.8) is 0 Å². The first kappa shape index (κ1) is 43.7. The van der Waals surface area contributed by atoms with Crippen LogP contribution in [-0.4, -0.2) is 84.5 Å². The molecule has 0 bridgehead atoms. The largest absolute Gasteiger partial charge is 0.514 e. The number of fused-ring (bicyclic) bond motifs is 5. The highest BCUT2D eigenvalue weighted by Crippen LogP contribution is 2.59. The smallest absolute Gasteiger partial charge is 0.507 e. The van der Waals surface area contributed by atoms with E-state index < -0.39 is 71.7 Å². The highest BCUT2D eigenvalue weighted by molar-refractivity contribution is 6.74. The Kier molecular flexibility index (Phi) is 11.1. The molecule has 1 saturated carbocycles. The van der Waals surface area contributed by atoms with Gasteiger partial charge < -0.3 is 28.3 Å². The van der Waals surface area contributed by atoms with Crippen molar-refractivity contribution in [1.29, 1.82) is 0 Å². The number of hydrogen-bond donors (Lipinski definition) is 1. The van der Waals surface area contributed by atoms with Gasteiger partial charge in [0.1, 0.15) is 29.3 Å². The molecular weight excluding hydrogens is 810 g/mol. The molecule has 2 heterocycles. The summed E-state index contributed by atoms with van der Waals surface area (Å²) in [4.78, 5) is 49.4. The topological polar surface area (TPSA) is 141 Å². The lowest BCUT2D eigenvalue weighted by atomic mass is 9.57. The van der Waals surface area contributed by atoms with Gasteiger partial charge in [-0.25, -0.2) is 9.18 Å². The van der Waals surface area contributed by atoms with Gasteiger partial charge in [-0.05, 0) is 120 Å². The van der Waals surface area contributed by atoms with Crippen LogP contribution in [0.25, 0.3) is 16.5 Å². The van der Waals surface area contributed by atoms with Gasteiger partial charge in [-0.2, -0.15) is 0 Å². The first-order chi connectivity index (χ1) is 29.1. The van der Waals surface area contributed by atoms with Crippen LogP contribution < -0.4 is 9.47 Å². The van der Waals surface area contributed by atoms with E-state index in [4.69, 9.17) is 23.2 Å². The predicted molar refractivity (Wildman–Crippen MR) is 234 cm³/mol. The molecule has 12 nitrogen and oxygen atoms in total. The Labute approximate surface area is 363 Å². The van der Waals surface area contributed by atoms with Crippen molar-refractivity contribution in [2.45, 2.75) is 116 Å². The minimum Gasteiger partial charge on any atom is -0.507 e. The van der Waals surface area contributed by atoms with Gasteiger partial charge in [0.25, 0.3) is 5.88 Å². The van der Waals surface area contributed by atoms with Gasteiger partial charge in [-0.3, -0.25) is 19.4 Å². The second kappa shape index (κ2) is 15.7.